The number of Topliss-reactive ketones (excluding diaryl/α,β-unsaturated/α-hetero) is 1. The van der Waals surface area contributed by atoms with Crippen molar-refractivity contribution in [1.29, 1.82) is 0 Å². The summed E-state index contributed by atoms with van der Waals surface area (Å²) in [6, 6.07) is 33.2. The van der Waals surface area contributed by atoms with Gasteiger partial charge in [-0.15, -0.1) is 0 Å². The summed E-state index contributed by atoms with van der Waals surface area (Å²) in [4.78, 5) is 14.5. The predicted octanol–water partition coefficient (Wildman–Crippen LogP) is 6.68. The Hall–Kier alpha value is -4.35. The molecule has 5 aromatic carbocycles. The van der Waals surface area contributed by atoms with Gasteiger partial charge in [-0.3, -0.25) is 4.79 Å². The predicted molar refractivity (Wildman–Crippen MR) is 184 cm³/mol. The Bertz CT molecular complexity index is 2180. The van der Waals surface area contributed by atoms with Crippen LogP contribution in [0.2, 0.25) is 0 Å². The molecule has 5 aromatic rings. The maximum atomic E-state index is 14.9. The highest BCUT2D eigenvalue weighted by Crippen LogP contribution is 2.49. The van der Waals surface area contributed by atoms with E-state index >= 15 is 0 Å². The number of fused-ring (bicyclic) bond motifs is 2. The highest BCUT2D eigenvalue weighted by atomic mass is 32.2. The number of rotatable bonds is 7. The molecule has 4 atom stereocenters. The highest BCUT2D eigenvalue weighted by molar-refractivity contribution is 7.89. The van der Waals surface area contributed by atoms with Crippen LogP contribution in [0.5, 0.6) is 5.75 Å². The van der Waals surface area contributed by atoms with Gasteiger partial charge in [0.1, 0.15) is 11.5 Å². The Labute approximate surface area is 281 Å². The number of ketones is 1. The first-order valence-electron chi connectivity index (χ1n) is 15.9. The number of benzene rings is 5. The third kappa shape index (κ3) is 5.62. The largest absolute Gasteiger partial charge is 0.497 e. The average molecular weight is 681 g/mol. The van der Waals surface area contributed by atoms with E-state index < -0.39 is 44.1 Å². The zero-order valence-electron chi connectivity index (χ0n) is 26.6. The lowest BCUT2D eigenvalue weighted by Gasteiger charge is -2.51. The van der Waals surface area contributed by atoms with Crippen molar-refractivity contribution in [3.05, 3.63) is 138 Å². The van der Waals surface area contributed by atoms with Crippen molar-refractivity contribution in [1.82, 2.24) is 8.61 Å². The summed E-state index contributed by atoms with van der Waals surface area (Å²) in [6.07, 6.45) is 0.00779. The summed E-state index contributed by atoms with van der Waals surface area (Å²) >= 11 is 0. The molecule has 0 spiro atoms. The molecule has 2 fully saturated rings. The average Bonchev–Trinajstić information content (AvgIpc) is 3.11. The van der Waals surface area contributed by atoms with Crippen LogP contribution in [0.15, 0.2) is 131 Å². The van der Waals surface area contributed by atoms with Crippen molar-refractivity contribution in [3.8, 4) is 5.75 Å². The Balaban J connectivity index is 1.41. The number of methoxy groups -OCH3 is 1. The number of aryl methyl sites for hydroxylation is 1. The van der Waals surface area contributed by atoms with Gasteiger partial charge < -0.3 is 4.74 Å². The van der Waals surface area contributed by atoms with E-state index in [-0.39, 0.29) is 35.0 Å². The third-order valence-electron chi connectivity index (χ3n) is 9.72. The standard InChI is InChI=1S/C38H36N2O6S2/c1-26-15-21-31(22-16-26)48(44,45)40-36-23-35(28-17-19-29(46-2)20-18-28)39(47(42,43)30-11-4-3-5-12-30)25-34(36)38(41)24-37(40)33-14-8-10-27-9-6-7-13-32(27)33/h3-22,34-37H,23-25H2,1-2H3/t34-,35+,36+,37?/m1/s1. The lowest BCUT2D eigenvalue weighted by atomic mass is 9.77. The van der Waals surface area contributed by atoms with Crippen molar-refractivity contribution in [2.75, 3.05) is 13.7 Å². The molecule has 7 rings (SSSR count). The quantitative estimate of drug-likeness (QED) is 0.190. The molecule has 0 amide bonds. The number of carbonyl (C=O) groups is 1. The van der Waals surface area contributed by atoms with Crippen LogP contribution in [0, 0.1) is 12.8 Å². The molecule has 246 valence electrons. The number of sulfonamides is 2. The summed E-state index contributed by atoms with van der Waals surface area (Å²) < 4.78 is 66.6. The lowest BCUT2D eigenvalue weighted by Crippen LogP contribution is -2.60. The first-order valence-corrected chi connectivity index (χ1v) is 18.8. The molecule has 0 radical (unpaired) electrons. The fourth-order valence-corrected chi connectivity index (χ4v) is 10.8. The van der Waals surface area contributed by atoms with Gasteiger partial charge in [0.15, 0.2) is 0 Å². The fraction of sp³-hybridized carbons (Fsp3) is 0.237. The summed E-state index contributed by atoms with van der Waals surface area (Å²) in [5, 5.41) is 1.81. The van der Waals surface area contributed by atoms with E-state index in [0.29, 0.717) is 11.3 Å². The maximum Gasteiger partial charge on any atom is 0.243 e. The summed E-state index contributed by atoms with van der Waals surface area (Å²) in [5.41, 5.74) is 2.35. The van der Waals surface area contributed by atoms with Crippen LogP contribution in [0.4, 0.5) is 0 Å². The molecule has 8 nitrogen and oxygen atoms in total. The van der Waals surface area contributed by atoms with Crippen LogP contribution < -0.4 is 4.74 Å². The number of carbonyl (C=O) groups excluding carboxylic acids is 1. The summed E-state index contributed by atoms with van der Waals surface area (Å²) in [5.74, 6) is -0.420. The zero-order chi connectivity index (χ0) is 33.6. The van der Waals surface area contributed by atoms with Crippen LogP contribution in [-0.4, -0.2) is 50.9 Å². The van der Waals surface area contributed by atoms with E-state index in [1.165, 1.54) is 8.61 Å². The van der Waals surface area contributed by atoms with Crippen LogP contribution >= 0.6 is 0 Å². The van der Waals surface area contributed by atoms with Gasteiger partial charge in [-0.25, -0.2) is 16.8 Å². The van der Waals surface area contributed by atoms with E-state index in [9.17, 15) is 21.6 Å². The van der Waals surface area contributed by atoms with Crippen LogP contribution in [0.3, 0.4) is 0 Å². The Morgan fingerprint density at radius 3 is 2.04 bits per heavy atom. The van der Waals surface area contributed by atoms with Gasteiger partial charge in [-0.05, 0) is 71.6 Å². The molecule has 0 N–H and O–H groups in total. The van der Waals surface area contributed by atoms with Gasteiger partial charge in [-0.2, -0.15) is 8.61 Å². The first kappa shape index (κ1) is 32.2. The number of ether oxygens (including phenoxy) is 1. The molecule has 0 saturated carbocycles. The van der Waals surface area contributed by atoms with Gasteiger partial charge in [0.2, 0.25) is 20.0 Å². The van der Waals surface area contributed by atoms with E-state index in [1.54, 1.807) is 73.8 Å². The smallest absolute Gasteiger partial charge is 0.243 e. The minimum atomic E-state index is -4.17. The van der Waals surface area contributed by atoms with Crippen LogP contribution in [0.25, 0.3) is 10.8 Å². The fourth-order valence-electron chi connectivity index (χ4n) is 7.30. The second-order valence-electron chi connectivity index (χ2n) is 12.5. The van der Waals surface area contributed by atoms with Gasteiger partial charge in [0, 0.05) is 24.9 Å². The van der Waals surface area contributed by atoms with Crippen LogP contribution in [-0.2, 0) is 24.8 Å². The minimum Gasteiger partial charge on any atom is -0.497 e. The minimum absolute atomic E-state index is 0.0767. The second-order valence-corrected chi connectivity index (χ2v) is 16.2. The summed E-state index contributed by atoms with van der Waals surface area (Å²) in [6.45, 7) is 1.74. The van der Waals surface area contributed by atoms with E-state index in [0.717, 1.165) is 21.9 Å². The van der Waals surface area contributed by atoms with Gasteiger partial charge in [-0.1, -0.05) is 90.5 Å². The third-order valence-corrected chi connectivity index (χ3v) is 13.6. The zero-order valence-corrected chi connectivity index (χ0v) is 28.3. The number of nitrogens with zero attached hydrogens (tertiary/aromatic N) is 2. The number of piperidine rings is 2. The molecule has 2 heterocycles. The van der Waals surface area contributed by atoms with Crippen molar-refractivity contribution >= 4 is 36.6 Å². The van der Waals surface area contributed by atoms with E-state index in [1.807, 2.05) is 61.5 Å². The van der Waals surface area contributed by atoms with Crippen molar-refractivity contribution in [3.63, 3.8) is 0 Å². The van der Waals surface area contributed by atoms with Crippen LogP contribution in [0.1, 0.15) is 41.6 Å². The molecule has 0 bridgehead atoms. The van der Waals surface area contributed by atoms with Crippen molar-refractivity contribution in [2.24, 2.45) is 5.92 Å². The molecule has 48 heavy (non-hydrogen) atoms. The Kier molecular flexibility index (Phi) is 8.45. The van der Waals surface area contributed by atoms with Gasteiger partial charge in [0.25, 0.3) is 0 Å². The second kappa shape index (κ2) is 12.6. The van der Waals surface area contributed by atoms with Gasteiger partial charge in [0.05, 0.1) is 29.0 Å². The molecule has 0 aliphatic carbocycles. The first-order chi connectivity index (χ1) is 23.1. The summed E-state index contributed by atoms with van der Waals surface area (Å²) in [7, 11) is -6.68. The molecular weight excluding hydrogens is 645 g/mol. The molecule has 0 aromatic heterocycles. The van der Waals surface area contributed by atoms with Crippen molar-refractivity contribution < 1.29 is 26.4 Å². The number of hydrogen-bond donors (Lipinski definition) is 0. The molecule has 2 saturated heterocycles. The molecule has 1 unspecified atom stereocenters. The maximum absolute atomic E-state index is 14.9. The molecular formula is C38H36N2O6S2. The molecule has 2 aliphatic rings. The topological polar surface area (TPSA) is 101 Å². The normalized spacial score (nSPS) is 22.3. The van der Waals surface area contributed by atoms with E-state index in [2.05, 4.69) is 0 Å². The van der Waals surface area contributed by atoms with E-state index in [4.69, 9.17) is 4.74 Å². The van der Waals surface area contributed by atoms with Crippen molar-refractivity contribution in [2.45, 2.75) is 47.7 Å². The molecule has 10 heteroatoms. The Morgan fingerprint density at radius 2 is 1.33 bits per heavy atom. The number of hydrogen-bond acceptors (Lipinski definition) is 6. The SMILES string of the molecule is COc1ccc([C@@H]2C[C@H]3[C@@H](CN2S(=O)(=O)c2ccccc2)C(=O)CC(c2cccc4ccccc24)N3S(=O)(=O)c2ccc(C)cc2)cc1. The van der Waals surface area contributed by atoms with Gasteiger partial charge >= 0.3 is 0 Å². The monoisotopic (exact) mass is 680 g/mol. The lowest BCUT2D eigenvalue weighted by molar-refractivity contribution is -0.132. The highest BCUT2D eigenvalue weighted by Gasteiger charge is 2.54. The Morgan fingerprint density at radius 1 is 0.688 bits per heavy atom. The molecule has 2 aliphatic heterocycles.